The Kier molecular flexibility index (Phi) is 4.48. The van der Waals surface area contributed by atoms with Crippen molar-refractivity contribution in [1.29, 1.82) is 5.26 Å². The van der Waals surface area contributed by atoms with Crippen molar-refractivity contribution in [1.82, 2.24) is 0 Å². The van der Waals surface area contributed by atoms with E-state index < -0.39 is 0 Å². The Bertz CT molecular complexity index is 599. The van der Waals surface area contributed by atoms with Crippen LogP contribution in [0.4, 0.5) is 0 Å². The van der Waals surface area contributed by atoms with Crippen LogP contribution in [0.5, 0.6) is 11.5 Å². The molecule has 0 aromatic heterocycles. The topological polar surface area (TPSA) is 33.0 Å². The molecule has 0 amide bonds. The lowest BCUT2D eigenvalue weighted by atomic mass is 10.1. The third-order valence-corrected chi connectivity index (χ3v) is 3.66. The summed E-state index contributed by atoms with van der Waals surface area (Å²) in [6, 6.07) is 15.8. The summed E-state index contributed by atoms with van der Waals surface area (Å²) in [5.41, 5.74) is 1.86. The van der Waals surface area contributed by atoms with Crippen LogP contribution in [0.15, 0.2) is 47.4 Å². The second-order valence-corrected chi connectivity index (χ2v) is 4.89. The van der Waals surface area contributed by atoms with Crippen LogP contribution in [0.25, 0.3) is 0 Å². The predicted octanol–water partition coefficient (Wildman–Crippen LogP) is 4.63. The maximum atomic E-state index is 9.25. The Hall–Kier alpha value is -1.92. The molecule has 0 spiro atoms. The normalized spacial score (nSPS) is 9.95. The highest BCUT2D eigenvalue weighted by molar-refractivity contribution is 7.98. The van der Waals surface area contributed by atoms with Gasteiger partial charge in [-0.1, -0.05) is 25.1 Å². The Morgan fingerprint density at radius 1 is 1.16 bits per heavy atom. The van der Waals surface area contributed by atoms with E-state index in [4.69, 9.17) is 4.74 Å². The van der Waals surface area contributed by atoms with Crippen molar-refractivity contribution in [3.05, 3.63) is 53.6 Å². The molecule has 0 N–H and O–H groups in total. The Labute approximate surface area is 118 Å². The fourth-order valence-corrected chi connectivity index (χ4v) is 2.36. The molecule has 0 saturated heterocycles. The fourth-order valence-electron chi connectivity index (χ4n) is 1.80. The van der Waals surface area contributed by atoms with Gasteiger partial charge in [-0.3, -0.25) is 0 Å². The minimum absolute atomic E-state index is 0.592. The van der Waals surface area contributed by atoms with Crippen LogP contribution < -0.4 is 4.74 Å². The molecular weight excluding hydrogens is 254 g/mol. The van der Waals surface area contributed by atoms with Crippen molar-refractivity contribution in [3.63, 3.8) is 0 Å². The summed E-state index contributed by atoms with van der Waals surface area (Å²) in [4.78, 5) is 0.935. The van der Waals surface area contributed by atoms with Crippen molar-refractivity contribution in [3.8, 4) is 17.6 Å². The van der Waals surface area contributed by atoms with E-state index in [0.717, 1.165) is 17.1 Å². The van der Waals surface area contributed by atoms with Gasteiger partial charge < -0.3 is 4.74 Å². The lowest BCUT2D eigenvalue weighted by Gasteiger charge is -2.10. The molecule has 19 heavy (non-hydrogen) atoms. The van der Waals surface area contributed by atoms with Crippen molar-refractivity contribution >= 4 is 11.8 Å². The number of hydrogen-bond acceptors (Lipinski definition) is 3. The van der Waals surface area contributed by atoms with Gasteiger partial charge >= 0.3 is 0 Å². The van der Waals surface area contributed by atoms with Gasteiger partial charge in [-0.15, -0.1) is 11.8 Å². The van der Waals surface area contributed by atoms with E-state index in [2.05, 4.69) is 13.0 Å². The Balaban J connectivity index is 2.30. The van der Waals surface area contributed by atoms with Gasteiger partial charge in [-0.2, -0.15) is 5.26 Å². The van der Waals surface area contributed by atoms with Gasteiger partial charge in [0, 0.05) is 4.90 Å². The third-order valence-electron chi connectivity index (χ3n) is 2.88. The average Bonchev–Trinajstić information content (AvgIpc) is 2.47. The molecule has 0 atom stereocenters. The lowest BCUT2D eigenvalue weighted by Crippen LogP contribution is -1.90. The first-order valence-corrected chi connectivity index (χ1v) is 7.35. The molecule has 2 rings (SSSR count). The zero-order chi connectivity index (χ0) is 13.7. The van der Waals surface area contributed by atoms with Gasteiger partial charge in [0.2, 0.25) is 0 Å². The van der Waals surface area contributed by atoms with Gasteiger partial charge in [-0.25, -0.2) is 0 Å². The molecule has 0 aliphatic rings. The van der Waals surface area contributed by atoms with Crippen LogP contribution >= 0.6 is 11.8 Å². The molecule has 96 valence electrons. The molecule has 0 aliphatic heterocycles. The number of nitriles is 1. The monoisotopic (exact) mass is 269 g/mol. The summed E-state index contributed by atoms with van der Waals surface area (Å²) in [5, 5.41) is 9.25. The van der Waals surface area contributed by atoms with Crippen LogP contribution in [0.3, 0.4) is 0 Å². The number of aryl methyl sites for hydroxylation is 1. The minimum atomic E-state index is 0.592. The summed E-state index contributed by atoms with van der Waals surface area (Å²) in [7, 11) is 0. The first-order valence-electron chi connectivity index (χ1n) is 6.12. The van der Waals surface area contributed by atoms with E-state index in [1.54, 1.807) is 11.8 Å². The summed E-state index contributed by atoms with van der Waals surface area (Å²) in [5.74, 6) is 1.37. The molecule has 2 nitrogen and oxygen atoms in total. The summed E-state index contributed by atoms with van der Waals surface area (Å²) >= 11 is 1.55. The molecule has 0 unspecified atom stereocenters. The smallest absolute Gasteiger partial charge is 0.146 e. The number of nitrogens with zero attached hydrogens (tertiary/aromatic N) is 1. The number of ether oxygens (including phenoxy) is 1. The van der Waals surface area contributed by atoms with Gasteiger partial charge in [0.15, 0.2) is 0 Å². The van der Waals surface area contributed by atoms with Crippen LogP contribution in [0.2, 0.25) is 0 Å². The Morgan fingerprint density at radius 3 is 2.47 bits per heavy atom. The number of rotatable bonds is 4. The van der Waals surface area contributed by atoms with Crippen LogP contribution in [0, 0.1) is 11.3 Å². The van der Waals surface area contributed by atoms with Crippen LogP contribution in [-0.2, 0) is 6.42 Å². The standard InChI is InChI=1S/C16H15NOS/c1-3-12-7-9-13(10-8-12)18-15-5-4-6-16(19-2)14(15)11-17/h4-10H,3H2,1-2H3. The molecule has 0 bridgehead atoms. The van der Waals surface area contributed by atoms with Crippen molar-refractivity contribution < 1.29 is 4.74 Å². The highest BCUT2D eigenvalue weighted by Gasteiger charge is 2.09. The van der Waals surface area contributed by atoms with Gasteiger partial charge in [0.25, 0.3) is 0 Å². The molecule has 2 aromatic rings. The van der Waals surface area contributed by atoms with Crippen molar-refractivity contribution in [2.24, 2.45) is 0 Å². The van der Waals surface area contributed by atoms with Crippen LogP contribution in [-0.4, -0.2) is 6.26 Å². The molecule has 3 heteroatoms. The molecule has 0 heterocycles. The van der Waals surface area contributed by atoms with E-state index in [-0.39, 0.29) is 0 Å². The van der Waals surface area contributed by atoms with Gasteiger partial charge in [0.05, 0.1) is 0 Å². The summed E-state index contributed by atoms with van der Waals surface area (Å²) < 4.78 is 5.81. The second-order valence-electron chi connectivity index (χ2n) is 4.04. The fraction of sp³-hybridized carbons (Fsp3) is 0.188. The highest BCUT2D eigenvalue weighted by atomic mass is 32.2. The number of benzene rings is 2. The van der Waals surface area contributed by atoms with Crippen LogP contribution in [0.1, 0.15) is 18.1 Å². The minimum Gasteiger partial charge on any atom is -0.456 e. The maximum Gasteiger partial charge on any atom is 0.146 e. The molecule has 0 saturated carbocycles. The highest BCUT2D eigenvalue weighted by Crippen LogP contribution is 2.31. The first kappa shape index (κ1) is 13.5. The van der Waals surface area contributed by atoms with Crippen molar-refractivity contribution in [2.45, 2.75) is 18.2 Å². The van der Waals surface area contributed by atoms with E-state index in [1.165, 1.54) is 5.56 Å². The number of thioether (sulfide) groups is 1. The molecule has 0 radical (unpaired) electrons. The Morgan fingerprint density at radius 2 is 1.89 bits per heavy atom. The SMILES string of the molecule is CCc1ccc(Oc2cccc(SC)c2C#N)cc1. The number of hydrogen-bond donors (Lipinski definition) is 0. The molecule has 0 fully saturated rings. The first-order chi connectivity index (χ1) is 9.28. The van der Waals surface area contributed by atoms with E-state index in [0.29, 0.717) is 11.3 Å². The van der Waals surface area contributed by atoms with Crippen molar-refractivity contribution in [2.75, 3.05) is 6.26 Å². The summed E-state index contributed by atoms with van der Waals surface area (Å²) in [6.07, 6.45) is 2.96. The predicted molar refractivity (Wildman–Crippen MR) is 78.8 cm³/mol. The van der Waals surface area contributed by atoms with E-state index >= 15 is 0 Å². The van der Waals surface area contributed by atoms with Gasteiger partial charge in [-0.05, 0) is 42.5 Å². The van der Waals surface area contributed by atoms with Gasteiger partial charge in [0.1, 0.15) is 23.1 Å². The quantitative estimate of drug-likeness (QED) is 0.758. The summed E-state index contributed by atoms with van der Waals surface area (Å²) in [6.45, 7) is 2.12. The molecular formula is C16H15NOS. The largest absolute Gasteiger partial charge is 0.456 e. The zero-order valence-electron chi connectivity index (χ0n) is 11.0. The molecule has 2 aromatic carbocycles. The zero-order valence-corrected chi connectivity index (χ0v) is 11.8. The maximum absolute atomic E-state index is 9.25. The molecule has 0 aliphatic carbocycles. The average molecular weight is 269 g/mol. The second kappa shape index (κ2) is 6.31. The third kappa shape index (κ3) is 3.10. The lowest BCUT2D eigenvalue weighted by molar-refractivity contribution is 0.479. The van der Waals surface area contributed by atoms with E-state index in [9.17, 15) is 5.26 Å². The van der Waals surface area contributed by atoms with E-state index in [1.807, 2.05) is 48.7 Å².